The van der Waals surface area contributed by atoms with Gasteiger partial charge in [0.05, 0.1) is 23.5 Å². The highest BCUT2D eigenvalue weighted by Crippen LogP contribution is 2.28. The highest BCUT2D eigenvalue weighted by Gasteiger charge is 2.36. The van der Waals surface area contributed by atoms with Gasteiger partial charge in [0, 0.05) is 37.4 Å². The summed E-state index contributed by atoms with van der Waals surface area (Å²) in [6.45, 7) is 2.75. The molecule has 1 fully saturated rings. The zero-order chi connectivity index (χ0) is 15.9. The molecule has 0 saturated heterocycles. The van der Waals surface area contributed by atoms with Crippen molar-refractivity contribution in [2.75, 3.05) is 13.1 Å². The van der Waals surface area contributed by atoms with Crippen molar-refractivity contribution < 1.29 is 8.42 Å². The molecule has 4 rings (SSSR count). The minimum Gasteiger partial charge on any atom is -0.289 e. The molecule has 2 aromatic heterocycles. The van der Waals surface area contributed by atoms with Crippen molar-refractivity contribution in [2.24, 2.45) is 0 Å². The Bertz CT molecular complexity index is 767. The third kappa shape index (κ3) is 3.32. The van der Waals surface area contributed by atoms with E-state index in [0.29, 0.717) is 6.54 Å². The Balaban J connectivity index is 1.47. The van der Waals surface area contributed by atoms with Crippen LogP contribution >= 0.6 is 11.3 Å². The second kappa shape index (κ2) is 5.97. The van der Waals surface area contributed by atoms with Gasteiger partial charge in [0.2, 0.25) is 10.0 Å². The van der Waals surface area contributed by atoms with Crippen LogP contribution in [-0.4, -0.2) is 46.4 Å². The van der Waals surface area contributed by atoms with E-state index >= 15 is 0 Å². The molecule has 0 spiro atoms. The fraction of sp³-hybridized carbons (Fsp3) is 0.571. The fourth-order valence-electron chi connectivity index (χ4n) is 2.97. The van der Waals surface area contributed by atoms with E-state index in [0.717, 1.165) is 43.2 Å². The second-order valence-corrected chi connectivity index (χ2v) is 9.13. The molecule has 1 aliphatic heterocycles. The summed E-state index contributed by atoms with van der Waals surface area (Å²) >= 11 is 1.64. The Kier molecular flexibility index (Phi) is 3.96. The number of nitrogens with zero attached hydrogens (tertiary/aromatic N) is 4. The first kappa shape index (κ1) is 15.3. The zero-order valence-electron chi connectivity index (χ0n) is 12.6. The number of rotatable bonds is 6. The van der Waals surface area contributed by atoms with Gasteiger partial charge < -0.3 is 0 Å². The molecule has 2 aromatic rings. The van der Waals surface area contributed by atoms with Crippen molar-refractivity contribution in [1.82, 2.24) is 24.4 Å². The highest BCUT2D eigenvalue weighted by molar-refractivity contribution is 7.90. The van der Waals surface area contributed by atoms with Gasteiger partial charge in [-0.1, -0.05) is 0 Å². The van der Waals surface area contributed by atoms with Crippen molar-refractivity contribution in [3.05, 3.63) is 34.5 Å². The van der Waals surface area contributed by atoms with E-state index in [1.165, 1.54) is 0 Å². The van der Waals surface area contributed by atoms with Crippen LogP contribution in [0.2, 0.25) is 0 Å². The van der Waals surface area contributed by atoms with Crippen LogP contribution in [0.25, 0.3) is 0 Å². The van der Waals surface area contributed by atoms with Gasteiger partial charge in [0.25, 0.3) is 0 Å². The summed E-state index contributed by atoms with van der Waals surface area (Å²) < 4.78 is 28.8. The van der Waals surface area contributed by atoms with Crippen LogP contribution in [0.3, 0.4) is 0 Å². The maximum absolute atomic E-state index is 12.1. The summed E-state index contributed by atoms with van der Waals surface area (Å²) in [6.07, 6.45) is 5.16. The fourth-order valence-corrected chi connectivity index (χ4v) is 5.04. The first-order valence-corrected chi connectivity index (χ1v) is 10.2. The topological polar surface area (TPSA) is 80.1 Å². The molecular weight excluding hydrogens is 334 g/mol. The summed E-state index contributed by atoms with van der Waals surface area (Å²) in [5.41, 5.74) is 1.11. The van der Waals surface area contributed by atoms with E-state index in [1.54, 1.807) is 17.5 Å². The molecular formula is C14H19N5O2S2. The molecule has 1 unspecified atom stereocenters. The summed E-state index contributed by atoms with van der Waals surface area (Å²) in [6, 6.07) is 2.01. The third-order valence-electron chi connectivity index (χ3n) is 4.28. The molecule has 23 heavy (non-hydrogen) atoms. The molecule has 124 valence electrons. The van der Waals surface area contributed by atoms with Crippen molar-refractivity contribution in [2.45, 2.75) is 37.2 Å². The number of hydrogen-bond donors (Lipinski definition) is 1. The molecule has 3 heterocycles. The molecule has 9 heteroatoms. The van der Waals surface area contributed by atoms with Gasteiger partial charge in [-0.15, -0.1) is 11.3 Å². The number of fused-ring (bicyclic) bond motifs is 1. The smallest absolute Gasteiger partial charge is 0.214 e. The van der Waals surface area contributed by atoms with Gasteiger partial charge >= 0.3 is 0 Å². The average molecular weight is 353 g/mol. The van der Waals surface area contributed by atoms with Crippen molar-refractivity contribution in [1.29, 1.82) is 0 Å². The van der Waals surface area contributed by atoms with Gasteiger partial charge in [0.15, 0.2) is 0 Å². The largest absolute Gasteiger partial charge is 0.289 e. The first-order valence-electron chi connectivity index (χ1n) is 7.73. The van der Waals surface area contributed by atoms with E-state index in [2.05, 4.69) is 19.7 Å². The average Bonchev–Trinajstić information content (AvgIpc) is 3.08. The monoisotopic (exact) mass is 353 g/mol. The Morgan fingerprint density at radius 2 is 2.22 bits per heavy atom. The van der Waals surface area contributed by atoms with E-state index in [4.69, 9.17) is 0 Å². The lowest BCUT2D eigenvalue weighted by molar-refractivity contribution is 0.168. The second-order valence-electron chi connectivity index (χ2n) is 6.11. The van der Waals surface area contributed by atoms with Crippen molar-refractivity contribution in [3.8, 4) is 0 Å². The van der Waals surface area contributed by atoms with Crippen molar-refractivity contribution >= 4 is 21.4 Å². The maximum atomic E-state index is 12.1. The molecule has 0 aromatic carbocycles. The van der Waals surface area contributed by atoms with E-state index in [1.807, 2.05) is 22.3 Å². The van der Waals surface area contributed by atoms with Crippen LogP contribution in [0.15, 0.2) is 23.8 Å². The zero-order valence-corrected chi connectivity index (χ0v) is 14.3. The number of thiazole rings is 1. The molecule has 0 amide bonds. The maximum Gasteiger partial charge on any atom is 0.214 e. The number of nitrogens with one attached hydrogen (secondary N) is 1. The van der Waals surface area contributed by atoms with Gasteiger partial charge in [-0.05, 0) is 18.9 Å². The molecule has 2 aliphatic rings. The van der Waals surface area contributed by atoms with Crippen LogP contribution in [0.4, 0.5) is 0 Å². The molecule has 0 radical (unpaired) electrons. The van der Waals surface area contributed by atoms with Gasteiger partial charge in [-0.2, -0.15) is 5.10 Å². The summed E-state index contributed by atoms with van der Waals surface area (Å²) in [5.74, 6) is 0. The number of hydrogen-bond acceptors (Lipinski definition) is 6. The lowest BCUT2D eigenvalue weighted by Crippen LogP contribution is -2.43. The van der Waals surface area contributed by atoms with E-state index in [-0.39, 0.29) is 11.3 Å². The molecule has 7 nitrogen and oxygen atoms in total. The molecule has 1 atom stereocenters. The van der Waals surface area contributed by atoms with Crippen molar-refractivity contribution in [3.63, 3.8) is 0 Å². The van der Waals surface area contributed by atoms with E-state index in [9.17, 15) is 8.42 Å². The standard InChI is InChI=1S/C14H19N5O2S2/c20-23(21,13-1-2-13)17-7-12-9-18(10-14-15-5-6-22-14)8-11-3-4-16-19(11)12/h3-6,12-13,17H,1-2,7-10H2. The number of sulfonamides is 1. The molecule has 1 aliphatic carbocycles. The van der Waals surface area contributed by atoms with Gasteiger partial charge in [-0.25, -0.2) is 18.1 Å². The van der Waals surface area contributed by atoms with Crippen LogP contribution in [0.5, 0.6) is 0 Å². The Morgan fingerprint density at radius 1 is 1.35 bits per heavy atom. The highest BCUT2D eigenvalue weighted by atomic mass is 32.2. The minimum atomic E-state index is -3.16. The summed E-state index contributed by atoms with van der Waals surface area (Å²) in [7, 11) is -3.16. The SMILES string of the molecule is O=S(=O)(NCC1CN(Cc2nccs2)Cc2ccnn21)C1CC1. The van der Waals surface area contributed by atoms with E-state index < -0.39 is 10.0 Å². The predicted molar refractivity (Wildman–Crippen MR) is 87.4 cm³/mol. The Hall–Kier alpha value is -1.29. The lowest BCUT2D eigenvalue weighted by atomic mass is 10.2. The van der Waals surface area contributed by atoms with Gasteiger partial charge in [-0.3, -0.25) is 9.58 Å². The lowest BCUT2D eigenvalue weighted by Gasteiger charge is -2.33. The quantitative estimate of drug-likeness (QED) is 0.837. The van der Waals surface area contributed by atoms with Crippen LogP contribution in [0.1, 0.15) is 29.6 Å². The normalized spacial score (nSPS) is 22.2. The predicted octanol–water partition coefficient (Wildman–Crippen LogP) is 0.978. The van der Waals surface area contributed by atoms with Crippen LogP contribution in [-0.2, 0) is 23.1 Å². The van der Waals surface area contributed by atoms with Crippen LogP contribution in [0, 0.1) is 0 Å². The molecule has 0 bridgehead atoms. The minimum absolute atomic E-state index is 0.0160. The Labute approximate surface area is 139 Å². The van der Waals surface area contributed by atoms with Gasteiger partial charge in [0.1, 0.15) is 5.01 Å². The summed E-state index contributed by atoms with van der Waals surface area (Å²) in [4.78, 5) is 6.64. The Morgan fingerprint density at radius 3 is 2.96 bits per heavy atom. The summed E-state index contributed by atoms with van der Waals surface area (Å²) in [5, 5.41) is 7.24. The van der Waals surface area contributed by atoms with Crippen LogP contribution < -0.4 is 4.72 Å². The molecule has 1 N–H and O–H groups in total. The molecule has 1 saturated carbocycles. The first-order chi connectivity index (χ1) is 11.1. The third-order valence-corrected chi connectivity index (χ3v) is 6.96. The number of aromatic nitrogens is 3.